The number of fused-ring (bicyclic) bond motifs is 1. The fourth-order valence-corrected chi connectivity index (χ4v) is 4.37. The maximum atomic E-state index is 12.6. The van der Waals surface area contributed by atoms with Crippen molar-refractivity contribution in [3.63, 3.8) is 0 Å². The number of thioether (sulfide) groups is 1. The Balaban J connectivity index is 1.72. The molecular weight excluding hydrogens is 358 g/mol. The Morgan fingerprint density at radius 1 is 1.33 bits per heavy atom. The molecule has 6 heteroatoms. The van der Waals surface area contributed by atoms with E-state index in [0.717, 1.165) is 29.5 Å². The highest BCUT2D eigenvalue weighted by molar-refractivity contribution is 8.00. The lowest BCUT2D eigenvalue weighted by molar-refractivity contribution is -0.129. The third-order valence-electron chi connectivity index (χ3n) is 5.03. The number of amides is 1. The number of rotatable bonds is 6. The molecular formula is C21H25N3O2S. The summed E-state index contributed by atoms with van der Waals surface area (Å²) in [6.07, 6.45) is 5.85. The largest absolute Gasteiger partial charge is 0.494 e. The van der Waals surface area contributed by atoms with E-state index in [-0.39, 0.29) is 5.91 Å². The molecule has 2 aromatic rings. The molecule has 1 aromatic heterocycles. The van der Waals surface area contributed by atoms with Crippen molar-refractivity contribution >= 4 is 28.6 Å². The molecule has 5 nitrogen and oxygen atoms in total. The Kier molecular flexibility index (Phi) is 6.57. The zero-order chi connectivity index (χ0) is 19.2. The van der Waals surface area contributed by atoms with Crippen LogP contribution in [0, 0.1) is 11.3 Å². The predicted molar refractivity (Wildman–Crippen MR) is 108 cm³/mol. The van der Waals surface area contributed by atoms with Gasteiger partial charge in [-0.05, 0) is 44.0 Å². The number of pyridine rings is 1. The first-order valence-corrected chi connectivity index (χ1v) is 10.5. The van der Waals surface area contributed by atoms with E-state index >= 15 is 0 Å². The van der Waals surface area contributed by atoms with E-state index < -0.39 is 0 Å². The number of carbonyl (C=O) groups is 1. The van der Waals surface area contributed by atoms with E-state index in [2.05, 4.69) is 11.1 Å². The first kappa shape index (κ1) is 19.5. The summed E-state index contributed by atoms with van der Waals surface area (Å²) in [5.74, 6) is 1.17. The first-order valence-electron chi connectivity index (χ1n) is 9.48. The fraction of sp³-hybridized carbons (Fsp3) is 0.476. The SMILES string of the molecule is CCOc1ccc2nc(SCC(=O)N(C)C3CCCCC3)c(C#N)cc2c1. The Bertz CT molecular complexity index is 856. The average molecular weight is 384 g/mol. The molecule has 1 heterocycles. The molecule has 0 aliphatic heterocycles. The lowest BCUT2D eigenvalue weighted by atomic mass is 9.94. The van der Waals surface area contributed by atoms with Crippen LogP contribution in [0.4, 0.5) is 0 Å². The summed E-state index contributed by atoms with van der Waals surface area (Å²) in [7, 11) is 1.90. The molecule has 1 saturated carbocycles. The van der Waals surface area contributed by atoms with Crippen LogP contribution in [0.1, 0.15) is 44.6 Å². The fourth-order valence-electron chi connectivity index (χ4n) is 3.49. The van der Waals surface area contributed by atoms with Gasteiger partial charge < -0.3 is 9.64 Å². The van der Waals surface area contributed by atoms with Gasteiger partial charge in [-0.1, -0.05) is 31.0 Å². The van der Waals surface area contributed by atoms with Crippen molar-refractivity contribution in [3.8, 4) is 11.8 Å². The Labute approximate surface area is 164 Å². The van der Waals surface area contributed by atoms with Crippen LogP contribution < -0.4 is 4.74 Å². The topological polar surface area (TPSA) is 66.2 Å². The summed E-state index contributed by atoms with van der Waals surface area (Å²) in [6.45, 7) is 2.53. The number of nitriles is 1. The van der Waals surface area contributed by atoms with Gasteiger partial charge in [-0.15, -0.1) is 0 Å². The third kappa shape index (κ3) is 4.72. The summed E-state index contributed by atoms with van der Waals surface area (Å²) in [5.41, 5.74) is 1.29. The number of benzene rings is 1. The second-order valence-corrected chi connectivity index (χ2v) is 7.79. The lowest BCUT2D eigenvalue weighted by Gasteiger charge is -2.31. The van der Waals surface area contributed by atoms with Gasteiger partial charge in [-0.25, -0.2) is 4.98 Å². The number of hydrogen-bond donors (Lipinski definition) is 0. The van der Waals surface area contributed by atoms with Gasteiger partial charge in [-0.3, -0.25) is 4.79 Å². The van der Waals surface area contributed by atoms with Crippen molar-refractivity contribution in [2.45, 2.75) is 50.1 Å². The molecule has 0 spiro atoms. The van der Waals surface area contributed by atoms with Gasteiger partial charge in [0.2, 0.25) is 5.91 Å². The smallest absolute Gasteiger partial charge is 0.232 e. The maximum absolute atomic E-state index is 12.6. The van der Waals surface area contributed by atoms with E-state index in [1.54, 1.807) is 0 Å². The Morgan fingerprint density at radius 3 is 2.81 bits per heavy atom. The van der Waals surface area contributed by atoms with Crippen molar-refractivity contribution in [3.05, 3.63) is 29.8 Å². The van der Waals surface area contributed by atoms with E-state index in [9.17, 15) is 10.1 Å². The van der Waals surface area contributed by atoms with E-state index in [1.165, 1.54) is 31.0 Å². The molecule has 3 rings (SSSR count). The van der Waals surface area contributed by atoms with E-state index in [0.29, 0.717) is 29.0 Å². The minimum Gasteiger partial charge on any atom is -0.494 e. The minimum atomic E-state index is 0.101. The molecule has 1 amide bonds. The standard InChI is InChI=1S/C21H25N3O2S/c1-3-26-18-9-10-19-15(12-18)11-16(13-22)21(23-19)27-14-20(25)24(2)17-7-5-4-6-8-17/h9-12,17H,3-8,14H2,1-2H3. The van der Waals surface area contributed by atoms with Gasteiger partial charge in [-0.2, -0.15) is 5.26 Å². The zero-order valence-electron chi connectivity index (χ0n) is 15.9. The van der Waals surface area contributed by atoms with Gasteiger partial charge in [0, 0.05) is 18.5 Å². The highest BCUT2D eigenvalue weighted by atomic mass is 32.2. The lowest BCUT2D eigenvalue weighted by Crippen LogP contribution is -2.39. The van der Waals surface area contributed by atoms with Crippen molar-refractivity contribution in [2.24, 2.45) is 0 Å². The molecule has 1 aliphatic rings. The van der Waals surface area contributed by atoms with Gasteiger partial charge in [0.05, 0.1) is 23.4 Å². The number of carbonyl (C=O) groups excluding carboxylic acids is 1. The summed E-state index contributed by atoms with van der Waals surface area (Å²) in [6, 6.07) is 10.0. The van der Waals surface area contributed by atoms with Crippen LogP contribution >= 0.6 is 11.8 Å². The maximum Gasteiger partial charge on any atom is 0.232 e. The molecule has 0 atom stereocenters. The highest BCUT2D eigenvalue weighted by Gasteiger charge is 2.22. The Morgan fingerprint density at radius 2 is 2.11 bits per heavy atom. The van der Waals surface area contributed by atoms with Crippen molar-refractivity contribution in [1.29, 1.82) is 5.26 Å². The van der Waals surface area contributed by atoms with Crippen molar-refractivity contribution < 1.29 is 9.53 Å². The first-order chi connectivity index (χ1) is 13.1. The molecule has 27 heavy (non-hydrogen) atoms. The van der Waals surface area contributed by atoms with Crippen LogP contribution in [0.25, 0.3) is 10.9 Å². The number of aromatic nitrogens is 1. The second kappa shape index (κ2) is 9.09. The molecule has 0 N–H and O–H groups in total. The van der Waals surface area contributed by atoms with Crippen molar-refractivity contribution in [1.82, 2.24) is 9.88 Å². The van der Waals surface area contributed by atoms with Gasteiger partial charge in [0.15, 0.2) is 0 Å². The number of hydrogen-bond acceptors (Lipinski definition) is 5. The molecule has 0 bridgehead atoms. The normalized spacial score (nSPS) is 14.7. The summed E-state index contributed by atoms with van der Waals surface area (Å²) in [4.78, 5) is 19.1. The average Bonchev–Trinajstić information content (AvgIpc) is 2.71. The third-order valence-corrected chi connectivity index (χ3v) is 6.01. The zero-order valence-corrected chi connectivity index (χ0v) is 16.7. The van der Waals surface area contributed by atoms with Crippen LogP contribution in [0.15, 0.2) is 29.3 Å². The summed E-state index contributed by atoms with van der Waals surface area (Å²) in [5, 5.41) is 11.0. The molecule has 1 fully saturated rings. The quantitative estimate of drug-likeness (QED) is 0.692. The molecule has 0 unspecified atom stereocenters. The highest BCUT2D eigenvalue weighted by Crippen LogP contribution is 2.28. The van der Waals surface area contributed by atoms with Gasteiger partial charge in [0.1, 0.15) is 16.8 Å². The minimum absolute atomic E-state index is 0.101. The van der Waals surface area contributed by atoms with E-state index in [4.69, 9.17) is 4.74 Å². The number of ether oxygens (including phenoxy) is 1. The number of nitrogens with zero attached hydrogens (tertiary/aromatic N) is 3. The van der Waals surface area contributed by atoms with Gasteiger partial charge in [0.25, 0.3) is 0 Å². The van der Waals surface area contributed by atoms with Crippen LogP contribution in [-0.2, 0) is 4.79 Å². The monoisotopic (exact) mass is 383 g/mol. The second-order valence-electron chi connectivity index (χ2n) is 6.83. The predicted octanol–water partition coefficient (Wildman–Crippen LogP) is 4.39. The summed E-state index contributed by atoms with van der Waals surface area (Å²) >= 11 is 1.35. The molecule has 1 aromatic carbocycles. The van der Waals surface area contributed by atoms with Crippen LogP contribution in [0.5, 0.6) is 5.75 Å². The molecule has 142 valence electrons. The van der Waals surface area contributed by atoms with Crippen molar-refractivity contribution in [2.75, 3.05) is 19.4 Å². The van der Waals surface area contributed by atoms with Gasteiger partial charge >= 0.3 is 0 Å². The molecule has 1 aliphatic carbocycles. The van der Waals surface area contributed by atoms with Crippen LogP contribution in [0.2, 0.25) is 0 Å². The van der Waals surface area contributed by atoms with Crippen LogP contribution in [0.3, 0.4) is 0 Å². The van der Waals surface area contributed by atoms with Crippen LogP contribution in [-0.4, -0.2) is 41.2 Å². The summed E-state index contributed by atoms with van der Waals surface area (Å²) < 4.78 is 5.51. The molecule has 0 radical (unpaired) electrons. The molecule has 0 saturated heterocycles. The Hall–Kier alpha value is -2.26. The van der Waals surface area contributed by atoms with E-state index in [1.807, 2.05) is 43.1 Å².